The minimum absolute atomic E-state index is 0.0792. The number of likely N-dealkylation sites (tertiary alicyclic amines) is 2. The Morgan fingerprint density at radius 1 is 0.909 bits per heavy atom. The third-order valence-corrected chi connectivity index (χ3v) is 6.28. The van der Waals surface area contributed by atoms with Gasteiger partial charge < -0.3 is 0 Å². The van der Waals surface area contributed by atoms with Crippen LogP contribution in [0, 0.1) is 17.8 Å². The molecule has 0 aromatic carbocycles. The predicted octanol–water partition coefficient (Wildman–Crippen LogP) is 2.55. The number of nitrogens with zero attached hydrogens (tertiary/aromatic N) is 2. The van der Waals surface area contributed by atoms with Crippen LogP contribution in [-0.2, 0) is 9.59 Å². The van der Waals surface area contributed by atoms with Crippen molar-refractivity contribution >= 4 is 11.8 Å². The minimum Gasteiger partial charge on any atom is -0.282 e. The molecular formula is C18H26N2O2. The summed E-state index contributed by atoms with van der Waals surface area (Å²) in [4.78, 5) is 29.3. The Balaban J connectivity index is 1.48. The maximum Gasteiger partial charge on any atom is 0.234 e. The Hall–Kier alpha value is -1.16. The van der Waals surface area contributed by atoms with Gasteiger partial charge in [-0.2, -0.15) is 0 Å². The fourth-order valence-corrected chi connectivity index (χ4v) is 5.09. The number of rotatable bonds is 2. The molecule has 2 heterocycles. The highest BCUT2D eigenvalue weighted by Crippen LogP contribution is 2.38. The number of hydrogen-bond donors (Lipinski definition) is 0. The van der Waals surface area contributed by atoms with Crippen molar-refractivity contribution in [2.24, 2.45) is 17.8 Å². The zero-order valence-electron chi connectivity index (χ0n) is 13.2. The Morgan fingerprint density at radius 3 is 2.27 bits per heavy atom. The third-order valence-electron chi connectivity index (χ3n) is 6.28. The number of fused-ring (bicyclic) bond motifs is 2. The van der Waals surface area contributed by atoms with Gasteiger partial charge in [0, 0.05) is 12.6 Å². The summed E-state index contributed by atoms with van der Waals surface area (Å²) in [5.74, 6) is 0.794. The van der Waals surface area contributed by atoms with E-state index in [2.05, 4.69) is 17.1 Å². The van der Waals surface area contributed by atoms with E-state index in [1.807, 2.05) is 0 Å². The first kappa shape index (κ1) is 14.4. The van der Waals surface area contributed by atoms with Crippen molar-refractivity contribution in [1.82, 2.24) is 9.80 Å². The number of allylic oxidation sites excluding steroid dienone is 2. The van der Waals surface area contributed by atoms with Crippen LogP contribution in [0.2, 0.25) is 0 Å². The monoisotopic (exact) mass is 302 g/mol. The number of carbonyl (C=O) groups is 2. The summed E-state index contributed by atoms with van der Waals surface area (Å²) in [5, 5.41) is 0. The largest absolute Gasteiger partial charge is 0.282 e. The zero-order valence-corrected chi connectivity index (χ0v) is 13.2. The molecule has 0 spiro atoms. The van der Waals surface area contributed by atoms with Crippen molar-refractivity contribution in [3.8, 4) is 0 Å². The molecule has 2 aliphatic heterocycles. The molecule has 2 saturated heterocycles. The van der Waals surface area contributed by atoms with Crippen LogP contribution in [0.5, 0.6) is 0 Å². The predicted molar refractivity (Wildman–Crippen MR) is 83.8 cm³/mol. The molecule has 0 bridgehead atoms. The molecule has 4 heteroatoms. The Morgan fingerprint density at radius 2 is 1.55 bits per heavy atom. The van der Waals surface area contributed by atoms with Crippen LogP contribution in [0.25, 0.3) is 0 Å². The lowest BCUT2D eigenvalue weighted by molar-refractivity contribution is -0.144. The highest BCUT2D eigenvalue weighted by Gasteiger charge is 2.48. The number of piperidine rings is 1. The molecule has 0 radical (unpaired) electrons. The van der Waals surface area contributed by atoms with Crippen LogP contribution in [0.3, 0.4) is 0 Å². The first-order valence-corrected chi connectivity index (χ1v) is 9.00. The van der Waals surface area contributed by atoms with Crippen LogP contribution in [0.4, 0.5) is 0 Å². The zero-order chi connectivity index (χ0) is 15.1. The van der Waals surface area contributed by atoms with Gasteiger partial charge in [-0.15, -0.1) is 0 Å². The summed E-state index contributed by atoms with van der Waals surface area (Å²) in [6.07, 6.45) is 13.4. The standard InChI is InChI=1S/C18H26N2O2/c21-17-14-8-2-3-9-15(14)18(22)20(17)12-19-11-5-7-13-6-1-4-10-16(13)19/h2-3,13-16H,1,4-12H2/t13-,14-,15+,16-/m1/s1. The van der Waals surface area contributed by atoms with E-state index >= 15 is 0 Å². The Kier molecular flexibility index (Phi) is 3.81. The average molecular weight is 302 g/mol. The second kappa shape index (κ2) is 5.80. The van der Waals surface area contributed by atoms with Crippen molar-refractivity contribution < 1.29 is 9.59 Å². The van der Waals surface area contributed by atoms with Crippen LogP contribution < -0.4 is 0 Å². The number of carbonyl (C=O) groups excluding carboxylic acids is 2. The van der Waals surface area contributed by atoms with Gasteiger partial charge in [0.15, 0.2) is 0 Å². The molecule has 4 rings (SSSR count). The minimum atomic E-state index is -0.0792. The summed E-state index contributed by atoms with van der Waals surface area (Å²) in [5.41, 5.74) is 0. The molecule has 0 aromatic heterocycles. The molecule has 3 fully saturated rings. The molecule has 1 saturated carbocycles. The average Bonchev–Trinajstić information content (AvgIpc) is 2.81. The van der Waals surface area contributed by atoms with E-state index in [1.165, 1.54) is 38.5 Å². The Labute approximate surface area is 132 Å². The van der Waals surface area contributed by atoms with Crippen LogP contribution in [-0.4, -0.2) is 40.9 Å². The van der Waals surface area contributed by atoms with Crippen LogP contribution in [0.1, 0.15) is 51.4 Å². The molecule has 22 heavy (non-hydrogen) atoms. The summed E-state index contributed by atoms with van der Waals surface area (Å²) < 4.78 is 0. The molecule has 120 valence electrons. The molecule has 0 aromatic rings. The lowest BCUT2D eigenvalue weighted by Gasteiger charge is -2.45. The SMILES string of the molecule is O=C1[C@H]2CC=CC[C@H]2C(=O)N1CN1CCC[C@H]2CCCC[C@H]21. The lowest BCUT2D eigenvalue weighted by Crippen LogP contribution is -2.52. The van der Waals surface area contributed by atoms with E-state index < -0.39 is 0 Å². The van der Waals surface area contributed by atoms with Gasteiger partial charge in [-0.05, 0) is 44.4 Å². The first-order chi connectivity index (χ1) is 10.8. The molecule has 4 nitrogen and oxygen atoms in total. The summed E-state index contributed by atoms with van der Waals surface area (Å²) in [6, 6.07) is 0.601. The van der Waals surface area contributed by atoms with Gasteiger partial charge in [0.1, 0.15) is 0 Å². The van der Waals surface area contributed by atoms with Crippen molar-refractivity contribution in [2.45, 2.75) is 57.4 Å². The second-order valence-corrected chi connectivity index (χ2v) is 7.47. The van der Waals surface area contributed by atoms with E-state index in [4.69, 9.17) is 0 Å². The highest BCUT2D eigenvalue weighted by molar-refractivity contribution is 6.05. The van der Waals surface area contributed by atoms with Gasteiger partial charge in [0.25, 0.3) is 0 Å². The fourth-order valence-electron chi connectivity index (χ4n) is 5.09. The molecule has 4 aliphatic rings. The highest BCUT2D eigenvalue weighted by atomic mass is 16.2. The van der Waals surface area contributed by atoms with Crippen molar-refractivity contribution in [3.63, 3.8) is 0 Å². The van der Waals surface area contributed by atoms with Gasteiger partial charge in [-0.3, -0.25) is 19.4 Å². The molecule has 0 N–H and O–H groups in total. The summed E-state index contributed by atoms with van der Waals surface area (Å²) >= 11 is 0. The van der Waals surface area contributed by atoms with Gasteiger partial charge >= 0.3 is 0 Å². The van der Waals surface area contributed by atoms with Crippen LogP contribution >= 0.6 is 0 Å². The Bertz CT molecular complexity index is 473. The first-order valence-electron chi connectivity index (χ1n) is 9.00. The van der Waals surface area contributed by atoms with E-state index in [-0.39, 0.29) is 23.7 Å². The summed E-state index contributed by atoms with van der Waals surface area (Å²) in [6.45, 7) is 1.59. The van der Waals surface area contributed by atoms with E-state index in [0.717, 1.165) is 25.3 Å². The van der Waals surface area contributed by atoms with Gasteiger partial charge in [-0.1, -0.05) is 25.0 Å². The molecular weight excluding hydrogens is 276 g/mol. The molecule has 4 atom stereocenters. The number of imide groups is 1. The fraction of sp³-hybridized carbons (Fsp3) is 0.778. The van der Waals surface area contributed by atoms with E-state index in [0.29, 0.717) is 12.7 Å². The summed E-state index contributed by atoms with van der Waals surface area (Å²) in [7, 11) is 0. The number of amides is 2. The number of hydrogen-bond acceptors (Lipinski definition) is 3. The van der Waals surface area contributed by atoms with Crippen molar-refractivity contribution in [2.75, 3.05) is 13.2 Å². The molecule has 2 amide bonds. The topological polar surface area (TPSA) is 40.6 Å². The van der Waals surface area contributed by atoms with Gasteiger partial charge in [-0.25, -0.2) is 0 Å². The van der Waals surface area contributed by atoms with E-state index in [9.17, 15) is 9.59 Å². The molecule has 2 aliphatic carbocycles. The maximum atomic E-state index is 12.6. The van der Waals surface area contributed by atoms with E-state index in [1.54, 1.807) is 4.90 Å². The van der Waals surface area contributed by atoms with Crippen LogP contribution in [0.15, 0.2) is 12.2 Å². The third kappa shape index (κ3) is 2.32. The van der Waals surface area contributed by atoms with Gasteiger partial charge in [0.05, 0.1) is 18.5 Å². The van der Waals surface area contributed by atoms with Crippen molar-refractivity contribution in [3.05, 3.63) is 12.2 Å². The quantitative estimate of drug-likeness (QED) is 0.581. The maximum absolute atomic E-state index is 12.6. The second-order valence-electron chi connectivity index (χ2n) is 7.47. The normalized spacial score (nSPS) is 39.0. The lowest BCUT2D eigenvalue weighted by atomic mass is 9.78. The molecule has 0 unspecified atom stereocenters. The van der Waals surface area contributed by atoms with Gasteiger partial charge in [0.2, 0.25) is 11.8 Å². The smallest absolute Gasteiger partial charge is 0.234 e. The van der Waals surface area contributed by atoms with Crippen molar-refractivity contribution in [1.29, 1.82) is 0 Å².